The van der Waals surface area contributed by atoms with Crippen LogP contribution in [0.5, 0.6) is 0 Å². The second-order valence-corrected chi connectivity index (χ2v) is 5.95. The van der Waals surface area contributed by atoms with Crippen molar-refractivity contribution in [2.24, 2.45) is 5.92 Å². The summed E-state index contributed by atoms with van der Waals surface area (Å²) in [6.45, 7) is 9.63. The second-order valence-electron chi connectivity index (χ2n) is 5.95. The van der Waals surface area contributed by atoms with Gasteiger partial charge < -0.3 is 15.0 Å². The van der Waals surface area contributed by atoms with Gasteiger partial charge in [-0.1, -0.05) is 6.07 Å². The van der Waals surface area contributed by atoms with Crippen LogP contribution in [0.1, 0.15) is 6.42 Å². The minimum atomic E-state index is 0.728. The van der Waals surface area contributed by atoms with E-state index >= 15 is 0 Å². The van der Waals surface area contributed by atoms with Crippen LogP contribution >= 0.6 is 0 Å². The van der Waals surface area contributed by atoms with Crippen LogP contribution in [-0.2, 0) is 4.74 Å². The first-order valence-electron chi connectivity index (χ1n) is 8.08. The van der Waals surface area contributed by atoms with Crippen LogP contribution in [0, 0.1) is 5.92 Å². The third kappa shape index (κ3) is 4.40. The predicted molar refractivity (Wildman–Crippen MR) is 84.7 cm³/mol. The van der Waals surface area contributed by atoms with Gasteiger partial charge in [-0.2, -0.15) is 0 Å². The lowest BCUT2D eigenvalue weighted by atomic mass is 10.1. The lowest BCUT2D eigenvalue weighted by molar-refractivity contribution is 0.184. The van der Waals surface area contributed by atoms with Crippen molar-refractivity contribution in [3.63, 3.8) is 0 Å². The van der Waals surface area contributed by atoms with Crippen molar-refractivity contribution in [3.8, 4) is 0 Å². The van der Waals surface area contributed by atoms with Gasteiger partial charge in [-0.05, 0) is 24.5 Å². The summed E-state index contributed by atoms with van der Waals surface area (Å²) in [6, 6.07) is 6.13. The maximum absolute atomic E-state index is 5.40. The highest BCUT2D eigenvalue weighted by Gasteiger charge is 2.18. The van der Waals surface area contributed by atoms with Crippen molar-refractivity contribution >= 4 is 5.82 Å². The van der Waals surface area contributed by atoms with E-state index in [-0.39, 0.29) is 0 Å². The van der Waals surface area contributed by atoms with Crippen LogP contribution in [-0.4, -0.2) is 68.9 Å². The average molecular weight is 290 g/mol. The summed E-state index contributed by atoms with van der Waals surface area (Å²) in [5.41, 5.74) is 0. The molecule has 2 saturated heterocycles. The van der Waals surface area contributed by atoms with Gasteiger partial charge in [0.15, 0.2) is 0 Å². The van der Waals surface area contributed by atoms with Crippen molar-refractivity contribution in [3.05, 3.63) is 24.4 Å². The molecule has 0 saturated carbocycles. The van der Waals surface area contributed by atoms with E-state index in [0.29, 0.717) is 0 Å². The monoisotopic (exact) mass is 290 g/mol. The van der Waals surface area contributed by atoms with Gasteiger partial charge in [-0.15, -0.1) is 0 Å². The van der Waals surface area contributed by atoms with Crippen molar-refractivity contribution < 1.29 is 4.74 Å². The number of nitrogens with one attached hydrogen (secondary N) is 1. The summed E-state index contributed by atoms with van der Waals surface area (Å²) < 4.78 is 5.40. The number of hydrogen-bond donors (Lipinski definition) is 1. The first-order chi connectivity index (χ1) is 10.4. The van der Waals surface area contributed by atoms with Gasteiger partial charge in [0.25, 0.3) is 0 Å². The van der Waals surface area contributed by atoms with Crippen molar-refractivity contribution in [2.75, 3.05) is 63.9 Å². The van der Waals surface area contributed by atoms with Crippen LogP contribution in [0.3, 0.4) is 0 Å². The molecule has 3 heterocycles. The van der Waals surface area contributed by atoms with E-state index in [9.17, 15) is 0 Å². The molecule has 21 heavy (non-hydrogen) atoms. The molecule has 1 unspecified atom stereocenters. The number of piperazine rings is 1. The maximum Gasteiger partial charge on any atom is 0.128 e. The molecular formula is C16H26N4O. The summed E-state index contributed by atoms with van der Waals surface area (Å²) in [6.07, 6.45) is 3.09. The SMILES string of the molecule is c1ccc(N2CCN(CCNCC3CCOC3)CC2)nc1. The van der Waals surface area contributed by atoms with Crippen molar-refractivity contribution in [2.45, 2.75) is 6.42 Å². The Morgan fingerprint density at radius 1 is 1.24 bits per heavy atom. The molecule has 5 heteroatoms. The fraction of sp³-hybridized carbons (Fsp3) is 0.688. The fourth-order valence-corrected chi connectivity index (χ4v) is 3.03. The normalized spacial score (nSPS) is 23.6. The van der Waals surface area contributed by atoms with Crippen LogP contribution in [0.4, 0.5) is 5.82 Å². The van der Waals surface area contributed by atoms with E-state index in [2.05, 4.69) is 32.2 Å². The third-order valence-corrected chi connectivity index (χ3v) is 4.41. The van der Waals surface area contributed by atoms with Gasteiger partial charge in [-0.3, -0.25) is 4.90 Å². The Morgan fingerprint density at radius 2 is 2.14 bits per heavy atom. The van der Waals surface area contributed by atoms with E-state index in [1.807, 2.05) is 12.3 Å². The van der Waals surface area contributed by atoms with Gasteiger partial charge in [0.1, 0.15) is 5.82 Å². The van der Waals surface area contributed by atoms with E-state index in [1.165, 1.54) is 6.42 Å². The average Bonchev–Trinajstić information content (AvgIpc) is 3.06. The quantitative estimate of drug-likeness (QED) is 0.786. The zero-order chi connectivity index (χ0) is 14.3. The molecule has 0 aliphatic carbocycles. The lowest BCUT2D eigenvalue weighted by Crippen LogP contribution is -2.48. The Kier molecular flexibility index (Phi) is 5.43. The first kappa shape index (κ1) is 14.8. The van der Waals surface area contributed by atoms with E-state index < -0.39 is 0 Å². The third-order valence-electron chi connectivity index (χ3n) is 4.41. The Morgan fingerprint density at radius 3 is 2.86 bits per heavy atom. The molecule has 5 nitrogen and oxygen atoms in total. The molecule has 0 radical (unpaired) electrons. The van der Waals surface area contributed by atoms with Crippen LogP contribution in [0.15, 0.2) is 24.4 Å². The minimum Gasteiger partial charge on any atom is -0.381 e. The van der Waals surface area contributed by atoms with Gasteiger partial charge in [0.05, 0.1) is 6.61 Å². The summed E-state index contributed by atoms with van der Waals surface area (Å²) >= 11 is 0. The molecule has 1 N–H and O–H groups in total. The Bertz CT molecular complexity index is 400. The Hall–Kier alpha value is -1.17. The van der Waals surface area contributed by atoms with E-state index in [1.54, 1.807) is 0 Å². The Labute approximate surface area is 127 Å². The summed E-state index contributed by atoms with van der Waals surface area (Å²) in [5, 5.41) is 3.57. The molecule has 116 valence electrons. The molecule has 2 fully saturated rings. The number of ether oxygens (including phenoxy) is 1. The molecular weight excluding hydrogens is 264 g/mol. The summed E-state index contributed by atoms with van der Waals surface area (Å²) in [7, 11) is 0. The van der Waals surface area contributed by atoms with Crippen LogP contribution < -0.4 is 10.2 Å². The number of nitrogens with zero attached hydrogens (tertiary/aromatic N) is 3. The zero-order valence-electron chi connectivity index (χ0n) is 12.7. The first-order valence-corrected chi connectivity index (χ1v) is 8.08. The van der Waals surface area contributed by atoms with E-state index in [4.69, 9.17) is 4.74 Å². The van der Waals surface area contributed by atoms with E-state index in [0.717, 1.165) is 70.8 Å². The summed E-state index contributed by atoms with van der Waals surface area (Å²) in [4.78, 5) is 9.34. The van der Waals surface area contributed by atoms with Crippen molar-refractivity contribution in [1.29, 1.82) is 0 Å². The lowest BCUT2D eigenvalue weighted by Gasteiger charge is -2.35. The van der Waals surface area contributed by atoms with Gasteiger partial charge in [-0.25, -0.2) is 4.98 Å². The summed E-state index contributed by atoms with van der Waals surface area (Å²) in [5.74, 6) is 1.84. The fourth-order valence-electron chi connectivity index (χ4n) is 3.03. The number of pyridine rings is 1. The molecule has 2 aliphatic heterocycles. The highest BCUT2D eigenvalue weighted by molar-refractivity contribution is 5.38. The second kappa shape index (κ2) is 7.73. The standard InChI is InChI=1S/C16H26N4O/c1-2-5-18-16(3-1)20-10-8-19(9-11-20)7-6-17-13-15-4-12-21-14-15/h1-3,5,15,17H,4,6-14H2. The molecule has 1 aromatic rings. The molecule has 0 spiro atoms. The highest BCUT2D eigenvalue weighted by atomic mass is 16.5. The van der Waals surface area contributed by atoms with Gasteiger partial charge in [0.2, 0.25) is 0 Å². The topological polar surface area (TPSA) is 40.6 Å². The largest absolute Gasteiger partial charge is 0.381 e. The van der Waals surface area contributed by atoms with Crippen LogP contribution in [0.2, 0.25) is 0 Å². The van der Waals surface area contributed by atoms with Gasteiger partial charge >= 0.3 is 0 Å². The van der Waals surface area contributed by atoms with Crippen LogP contribution in [0.25, 0.3) is 0 Å². The number of hydrogen-bond acceptors (Lipinski definition) is 5. The highest BCUT2D eigenvalue weighted by Crippen LogP contribution is 2.12. The number of anilines is 1. The molecule has 1 atom stereocenters. The maximum atomic E-state index is 5.40. The number of aromatic nitrogens is 1. The molecule has 2 aliphatic rings. The molecule has 0 aromatic carbocycles. The zero-order valence-corrected chi connectivity index (χ0v) is 12.7. The predicted octanol–water partition coefficient (Wildman–Crippen LogP) is 0.830. The minimum absolute atomic E-state index is 0.728. The van der Waals surface area contributed by atoms with Gasteiger partial charge in [0, 0.05) is 58.6 Å². The molecule has 0 bridgehead atoms. The molecule has 1 aromatic heterocycles. The smallest absolute Gasteiger partial charge is 0.128 e. The Balaban J connectivity index is 1.30. The molecule has 3 rings (SSSR count). The van der Waals surface area contributed by atoms with Crippen molar-refractivity contribution in [1.82, 2.24) is 15.2 Å². The molecule has 0 amide bonds. The number of rotatable bonds is 6.